The van der Waals surface area contributed by atoms with Gasteiger partial charge in [-0.25, -0.2) is 4.79 Å². The summed E-state index contributed by atoms with van der Waals surface area (Å²) in [7, 11) is 0. The van der Waals surface area contributed by atoms with E-state index in [1.165, 1.54) is 6.08 Å². The molecule has 0 saturated carbocycles. The van der Waals surface area contributed by atoms with Crippen LogP contribution in [0, 0.1) is 5.92 Å². The fourth-order valence-electron chi connectivity index (χ4n) is 1.38. The molecule has 0 heterocycles. The molecule has 1 rings (SSSR count). The fraction of sp³-hybridized carbons (Fsp3) is 0.400. The monoisotopic (exact) mass is 264 g/mol. The third-order valence-electron chi connectivity index (χ3n) is 2.25. The zero-order valence-corrected chi connectivity index (χ0v) is 11.3. The highest BCUT2D eigenvalue weighted by molar-refractivity contribution is 5.85. The molecule has 0 fully saturated rings. The maximum absolute atomic E-state index is 10.4. The van der Waals surface area contributed by atoms with Crippen molar-refractivity contribution < 1.29 is 19.4 Å². The molecule has 4 nitrogen and oxygen atoms in total. The van der Waals surface area contributed by atoms with Gasteiger partial charge in [-0.3, -0.25) is 0 Å². The third-order valence-corrected chi connectivity index (χ3v) is 2.25. The standard InChI is InChI=1S/C15H20O4/c1-12(2)11-18-9-10-19-14-6-3-13(4-7-14)5-8-15(16)17/h3-8,12H,9-11H2,1-2H3,(H,16,17)/b8-5+. The Bertz CT molecular complexity index is 407. The number of hydrogen-bond donors (Lipinski definition) is 1. The number of carboxylic acids is 1. The van der Waals surface area contributed by atoms with Gasteiger partial charge >= 0.3 is 5.97 Å². The second kappa shape index (κ2) is 8.32. The normalized spacial score (nSPS) is 11.1. The maximum Gasteiger partial charge on any atom is 0.328 e. The molecule has 4 heteroatoms. The third kappa shape index (κ3) is 7.26. The molecule has 1 N–H and O–H groups in total. The van der Waals surface area contributed by atoms with Crippen molar-refractivity contribution >= 4 is 12.0 Å². The molecular formula is C15H20O4. The molecule has 0 saturated heterocycles. The average molecular weight is 264 g/mol. The minimum atomic E-state index is -0.956. The lowest BCUT2D eigenvalue weighted by Crippen LogP contribution is -2.10. The molecule has 0 unspecified atom stereocenters. The molecule has 0 radical (unpaired) electrons. The summed E-state index contributed by atoms with van der Waals surface area (Å²) in [5.41, 5.74) is 0.825. The van der Waals surface area contributed by atoms with Crippen LogP contribution in [0.5, 0.6) is 5.75 Å². The minimum Gasteiger partial charge on any atom is -0.491 e. The zero-order valence-electron chi connectivity index (χ0n) is 11.3. The van der Waals surface area contributed by atoms with E-state index in [4.69, 9.17) is 14.6 Å². The van der Waals surface area contributed by atoms with Crippen LogP contribution in [-0.4, -0.2) is 30.9 Å². The molecule has 104 valence electrons. The average Bonchev–Trinajstić information content (AvgIpc) is 2.37. The topological polar surface area (TPSA) is 55.8 Å². The van der Waals surface area contributed by atoms with Crippen LogP contribution in [0.25, 0.3) is 6.08 Å². The lowest BCUT2D eigenvalue weighted by atomic mass is 10.2. The number of rotatable bonds is 8. The molecule has 0 spiro atoms. The summed E-state index contributed by atoms with van der Waals surface area (Å²) in [5, 5.41) is 8.51. The molecule has 0 aliphatic heterocycles. The van der Waals surface area contributed by atoms with Gasteiger partial charge in [0.2, 0.25) is 0 Å². The Balaban J connectivity index is 2.30. The van der Waals surface area contributed by atoms with Crippen molar-refractivity contribution in [1.82, 2.24) is 0 Å². The summed E-state index contributed by atoms with van der Waals surface area (Å²) in [6, 6.07) is 7.24. The summed E-state index contributed by atoms with van der Waals surface area (Å²) in [4.78, 5) is 10.4. The Morgan fingerprint density at radius 3 is 2.53 bits per heavy atom. The summed E-state index contributed by atoms with van der Waals surface area (Å²) < 4.78 is 10.9. The predicted octanol–water partition coefficient (Wildman–Crippen LogP) is 2.84. The van der Waals surface area contributed by atoms with Crippen molar-refractivity contribution in [2.75, 3.05) is 19.8 Å². The Hall–Kier alpha value is -1.81. The van der Waals surface area contributed by atoms with E-state index in [1.807, 2.05) is 24.3 Å². The molecule has 0 amide bonds. The molecule has 1 aromatic carbocycles. The smallest absolute Gasteiger partial charge is 0.328 e. The van der Waals surface area contributed by atoms with Gasteiger partial charge in [0.1, 0.15) is 12.4 Å². The van der Waals surface area contributed by atoms with Crippen LogP contribution < -0.4 is 4.74 Å². The minimum absolute atomic E-state index is 0.511. The molecule has 1 aromatic rings. The second-order valence-electron chi connectivity index (χ2n) is 4.56. The predicted molar refractivity (Wildman–Crippen MR) is 74.3 cm³/mol. The fourth-order valence-corrected chi connectivity index (χ4v) is 1.38. The summed E-state index contributed by atoms with van der Waals surface area (Å²) in [6.07, 6.45) is 2.65. The molecule has 0 aromatic heterocycles. The number of ether oxygens (including phenoxy) is 2. The molecule has 0 atom stereocenters. The second-order valence-corrected chi connectivity index (χ2v) is 4.56. The number of carboxylic acid groups (broad SMARTS) is 1. The Morgan fingerprint density at radius 1 is 1.26 bits per heavy atom. The van der Waals surface area contributed by atoms with Crippen molar-refractivity contribution in [3.05, 3.63) is 35.9 Å². The number of benzene rings is 1. The highest BCUT2D eigenvalue weighted by Crippen LogP contribution is 2.13. The van der Waals surface area contributed by atoms with Gasteiger partial charge in [0.15, 0.2) is 0 Å². The first kappa shape index (κ1) is 15.2. The SMILES string of the molecule is CC(C)COCCOc1ccc(/C=C/C(=O)O)cc1. The summed E-state index contributed by atoms with van der Waals surface area (Å²) in [6.45, 7) is 6.02. The van der Waals surface area contributed by atoms with Crippen LogP contribution in [0.2, 0.25) is 0 Å². The quantitative estimate of drug-likeness (QED) is 0.579. The first-order chi connectivity index (χ1) is 9.08. The van der Waals surface area contributed by atoms with Gasteiger partial charge in [-0.2, -0.15) is 0 Å². The highest BCUT2D eigenvalue weighted by atomic mass is 16.5. The Kier molecular flexibility index (Phi) is 6.68. The van der Waals surface area contributed by atoms with Gasteiger partial charge in [-0.05, 0) is 29.7 Å². The van der Waals surface area contributed by atoms with E-state index in [2.05, 4.69) is 13.8 Å². The van der Waals surface area contributed by atoms with E-state index in [9.17, 15) is 4.79 Å². The molecule has 19 heavy (non-hydrogen) atoms. The van der Waals surface area contributed by atoms with Crippen molar-refractivity contribution in [3.63, 3.8) is 0 Å². The van der Waals surface area contributed by atoms with Crippen molar-refractivity contribution in [2.24, 2.45) is 5.92 Å². The molecule has 0 bridgehead atoms. The van der Waals surface area contributed by atoms with E-state index in [1.54, 1.807) is 0 Å². The van der Waals surface area contributed by atoms with Crippen LogP contribution in [0.4, 0.5) is 0 Å². The van der Waals surface area contributed by atoms with Gasteiger partial charge in [-0.15, -0.1) is 0 Å². The zero-order chi connectivity index (χ0) is 14.1. The van der Waals surface area contributed by atoms with Crippen LogP contribution in [0.1, 0.15) is 19.4 Å². The first-order valence-electron chi connectivity index (χ1n) is 6.29. The van der Waals surface area contributed by atoms with Crippen LogP contribution >= 0.6 is 0 Å². The van der Waals surface area contributed by atoms with Gasteiger partial charge in [-0.1, -0.05) is 26.0 Å². The largest absolute Gasteiger partial charge is 0.491 e. The van der Waals surface area contributed by atoms with Gasteiger partial charge in [0.25, 0.3) is 0 Å². The maximum atomic E-state index is 10.4. The highest BCUT2D eigenvalue weighted by Gasteiger charge is 1.96. The van der Waals surface area contributed by atoms with E-state index in [-0.39, 0.29) is 0 Å². The Morgan fingerprint density at radius 2 is 1.95 bits per heavy atom. The number of hydrogen-bond acceptors (Lipinski definition) is 3. The van der Waals surface area contributed by atoms with E-state index >= 15 is 0 Å². The van der Waals surface area contributed by atoms with Gasteiger partial charge < -0.3 is 14.6 Å². The van der Waals surface area contributed by atoms with Gasteiger partial charge in [0.05, 0.1) is 6.61 Å². The lowest BCUT2D eigenvalue weighted by Gasteiger charge is -2.08. The Labute approximate surface area is 113 Å². The van der Waals surface area contributed by atoms with E-state index in [0.29, 0.717) is 19.1 Å². The van der Waals surface area contributed by atoms with Crippen LogP contribution in [-0.2, 0) is 9.53 Å². The van der Waals surface area contributed by atoms with Crippen LogP contribution in [0.3, 0.4) is 0 Å². The van der Waals surface area contributed by atoms with E-state index < -0.39 is 5.97 Å². The molecule has 0 aliphatic rings. The summed E-state index contributed by atoms with van der Waals surface area (Å²) in [5.74, 6) is 0.323. The van der Waals surface area contributed by atoms with Crippen molar-refractivity contribution in [3.8, 4) is 5.75 Å². The van der Waals surface area contributed by atoms with Crippen LogP contribution in [0.15, 0.2) is 30.3 Å². The number of carbonyl (C=O) groups is 1. The number of aliphatic carboxylic acids is 1. The van der Waals surface area contributed by atoms with Gasteiger partial charge in [0, 0.05) is 12.7 Å². The van der Waals surface area contributed by atoms with Crippen molar-refractivity contribution in [1.29, 1.82) is 0 Å². The lowest BCUT2D eigenvalue weighted by molar-refractivity contribution is -0.131. The van der Waals surface area contributed by atoms with Crippen molar-refractivity contribution in [2.45, 2.75) is 13.8 Å². The molecular weight excluding hydrogens is 244 g/mol. The first-order valence-corrected chi connectivity index (χ1v) is 6.29. The molecule has 0 aliphatic carbocycles. The van der Waals surface area contributed by atoms with E-state index in [0.717, 1.165) is 24.0 Å². The summed E-state index contributed by atoms with van der Waals surface area (Å²) >= 11 is 0.